The van der Waals surface area contributed by atoms with Gasteiger partial charge in [-0.15, -0.1) is 0 Å². The van der Waals surface area contributed by atoms with Crippen LogP contribution in [-0.4, -0.2) is 41.2 Å². The molecule has 2 aromatic rings. The fraction of sp³-hybridized carbons (Fsp3) is 0.455. The maximum atomic E-state index is 15.1. The zero-order chi connectivity index (χ0) is 23.4. The highest BCUT2D eigenvalue weighted by molar-refractivity contribution is 6.31. The van der Waals surface area contributed by atoms with E-state index in [-0.39, 0.29) is 61.3 Å². The standard InChI is InChI=1S/C22H22ClF5N2O2/c23-16-14-15(6-7-17(16)24)20(31)30-11-9-21(25,10-12-30)8-1-2-13-32-19-5-3-4-18(29-19)22(26,27)28/h3-7,14H,1-2,8-13H2. The van der Waals surface area contributed by atoms with Gasteiger partial charge in [-0.25, -0.2) is 13.8 Å². The molecular formula is C22H22ClF5N2O2. The minimum absolute atomic E-state index is 0.123. The molecule has 0 bridgehead atoms. The Morgan fingerprint density at radius 1 is 1.16 bits per heavy atom. The minimum Gasteiger partial charge on any atom is -0.478 e. The zero-order valence-electron chi connectivity index (χ0n) is 17.1. The number of rotatable bonds is 7. The van der Waals surface area contributed by atoms with Gasteiger partial charge in [-0.1, -0.05) is 17.7 Å². The number of benzene rings is 1. The van der Waals surface area contributed by atoms with Crippen molar-refractivity contribution in [2.24, 2.45) is 0 Å². The molecule has 4 nitrogen and oxygen atoms in total. The van der Waals surface area contributed by atoms with E-state index in [0.717, 1.165) is 12.1 Å². The van der Waals surface area contributed by atoms with Crippen molar-refractivity contribution in [3.63, 3.8) is 0 Å². The number of hydrogen-bond donors (Lipinski definition) is 0. The Morgan fingerprint density at radius 2 is 1.88 bits per heavy atom. The number of amides is 1. The summed E-state index contributed by atoms with van der Waals surface area (Å²) in [6, 6.07) is 7.15. The van der Waals surface area contributed by atoms with Crippen molar-refractivity contribution in [1.29, 1.82) is 0 Å². The molecule has 1 fully saturated rings. The van der Waals surface area contributed by atoms with Crippen molar-refractivity contribution in [2.45, 2.75) is 43.9 Å². The van der Waals surface area contributed by atoms with Gasteiger partial charge < -0.3 is 9.64 Å². The van der Waals surface area contributed by atoms with Gasteiger partial charge in [0.15, 0.2) is 0 Å². The summed E-state index contributed by atoms with van der Waals surface area (Å²) < 4.78 is 71.6. The summed E-state index contributed by atoms with van der Waals surface area (Å²) in [4.78, 5) is 17.5. The number of piperidine rings is 1. The molecule has 0 aliphatic carbocycles. The highest BCUT2D eigenvalue weighted by atomic mass is 35.5. The number of ether oxygens (including phenoxy) is 1. The summed E-state index contributed by atoms with van der Waals surface area (Å²) >= 11 is 5.72. The number of halogens is 6. The average Bonchev–Trinajstić information content (AvgIpc) is 2.75. The van der Waals surface area contributed by atoms with Gasteiger partial charge in [0, 0.05) is 24.7 Å². The molecular weight excluding hydrogens is 455 g/mol. The molecule has 174 valence electrons. The molecule has 2 heterocycles. The Kier molecular flexibility index (Phi) is 7.59. The monoisotopic (exact) mass is 476 g/mol. The van der Waals surface area contributed by atoms with Crippen LogP contribution in [0, 0.1) is 5.82 Å². The van der Waals surface area contributed by atoms with E-state index in [9.17, 15) is 22.4 Å². The topological polar surface area (TPSA) is 42.4 Å². The van der Waals surface area contributed by atoms with Crippen LogP contribution in [0.5, 0.6) is 5.88 Å². The van der Waals surface area contributed by atoms with Crippen LogP contribution in [0.15, 0.2) is 36.4 Å². The lowest BCUT2D eigenvalue weighted by atomic mass is 9.88. The molecule has 0 N–H and O–H groups in total. The molecule has 0 saturated carbocycles. The van der Waals surface area contributed by atoms with Gasteiger partial charge in [0.05, 0.1) is 11.6 Å². The summed E-state index contributed by atoms with van der Waals surface area (Å²) in [7, 11) is 0. The van der Waals surface area contributed by atoms with Crippen molar-refractivity contribution >= 4 is 17.5 Å². The van der Waals surface area contributed by atoms with E-state index in [1.54, 1.807) is 0 Å². The average molecular weight is 477 g/mol. The van der Waals surface area contributed by atoms with Crippen LogP contribution in [-0.2, 0) is 6.18 Å². The van der Waals surface area contributed by atoms with Gasteiger partial charge in [0.2, 0.25) is 5.88 Å². The smallest absolute Gasteiger partial charge is 0.433 e. The number of carbonyl (C=O) groups is 1. The largest absolute Gasteiger partial charge is 0.478 e. The molecule has 0 radical (unpaired) electrons. The van der Waals surface area contributed by atoms with Crippen molar-refractivity contribution in [1.82, 2.24) is 9.88 Å². The lowest BCUT2D eigenvalue weighted by molar-refractivity contribution is -0.141. The van der Waals surface area contributed by atoms with Crippen molar-refractivity contribution in [3.8, 4) is 5.88 Å². The van der Waals surface area contributed by atoms with E-state index in [2.05, 4.69) is 4.98 Å². The molecule has 0 unspecified atom stereocenters. The summed E-state index contributed by atoms with van der Waals surface area (Å²) in [6.07, 6.45) is -3.00. The number of likely N-dealkylation sites (tertiary alicyclic amines) is 1. The molecule has 1 saturated heterocycles. The number of aromatic nitrogens is 1. The molecule has 0 spiro atoms. The van der Waals surface area contributed by atoms with Gasteiger partial charge in [-0.2, -0.15) is 13.2 Å². The van der Waals surface area contributed by atoms with E-state index in [1.165, 1.54) is 29.2 Å². The fourth-order valence-electron chi connectivity index (χ4n) is 3.55. The first-order valence-electron chi connectivity index (χ1n) is 10.2. The van der Waals surface area contributed by atoms with E-state index < -0.39 is 23.4 Å². The van der Waals surface area contributed by atoms with Crippen LogP contribution >= 0.6 is 11.6 Å². The molecule has 1 aliphatic rings. The number of alkyl halides is 4. The Labute approximate surface area is 187 Å². The molecule has 1 aliphatic heterocycles. The maximum Gasteiger partial charge on any atom is 0.433 e. The van der Waals surface area contributed by atoms with E-state index >= 15 is 4.39 Å². The lowest BCUT2D eigenvalue weighted by Crippen LogP contribution is -2.44. The van der Waals surface area contributed by atoms with E-state index in [1.807, 2.05) is 0 Å². The molecule has 0 atom stereocenters. The molecule has 1 aromatic heterocycles. The minimum atomic E-state index is -4.54. The number of carbonyl (C=O) groups excluding carboxylic acids is 1. The Bertz CT molecular complexity index is 946. The molecule has 1 amide bonds. The highest BCUT2D eigenvalue weighted by Crippen LogP contribution is 2.33. The Hall–Kier alpha value is -2.42. The zero-order valence-corrected chi connectivity index (χ0v) is 17.9. The second-order valence-corrected chi connectivity index (χ2v) is 8.14. The fourth-order valence-corrected chi connectivity index (χ4v) is 3.73. The van der Waals surface area contributed by atoms with Gasteiger partial charge in [-0.05, 0) is 56.4 Å². The first-order valence-corrected chi connectivity index (χ1v) is 10.6. The number of nitrogens with zero attached hydrogens (tertiary/aromatic N) is 2. The quantitative estimate of drug-likeness (QED) is 0.359. The van der Waals surface area contributed by atoms with Crippen LogP contribution in [0.3, 0.4) is 0 Å². The van der Waals surface area contributed by atoms with E-state index in [0.29, 0.717) is 12.8 Å². The lowest BCUT2D eigenvalue weighted by Gasteiger charge is -2.36. The molecule has 3 rings (SSSR count). The Balaban J connectivity index is 1.40. The summed E-state index contributed by atoms with van der Waals surface area (Å²) in [6.45, 7) is 0.588. The van der Waals surface area contributed by atoms with Gasteiger partial charge in [0.1, 0.15) is 17.2 Å². The van der Waals surface area contributed by atoms with Crippen molar-refractivity contribution in [3.05, 3.63) is 58.5 Å². The summed E-state index contributed by atoms with van der Waals surface area (Å²) in [5.41, 5.74) is -2.20. The predicted molar refractivity (Wildman–Crippen MR) is 109 cm³/mol. The third kappa shape index (κ3) is 6.31. The normalized spacial score (nSPS) is 16.1. The van der Waals surface area contributed by atoms with Crippen LogP contribution in [0.2, 0.25) is 5.02 Å². The van der Waals surface area contributed by atoms with Gasteiger partial charge in [0.25, 0.3) is 5.91 Å². The van der Waals surface area contributed by atoms with Crippen LogP contribution in [0.25, 0.3) is 0 Å². The van der Waals surface area contributed by atoms with Crippen molar-refractivity contribution in [2.75, 3.05) is 19.7 Å². The van der Waals surface area contributed by atoms with Gasteiger partial charge >= 0.3 is 6.18 Å². The van der Waals surface area contributed by atoms with Crippen LogP contribution in [0.1, 0.15) is 48.2 Å². The SMILES string of the molecule is O=C(c1ccc(F)c(Cl)c1)N1CCC(F)(CCCCOc2cccc(C(F)(F)F)n2)CC1. The number of pyridine rings is 1. The van der Waals surface area contributed by atoms with E-state index in [4.69, 9.17) is 16.3 Å². The van der Waals surface area contributed by atoms with Crippen molar-refractivity contribution < 1.29 is 31.5 Å². The summed E-state index contributed by atoms with van der Waals surface area (Å²) in [5, 5.41) is -0.143. The van der Waals surface area contributed by atoms with Crippen LogP contribution in [0.4, 0.5) is 22.0 Å². The highest BCUT2D eigenvalue weighted by Gasteiger charge is 2.36. The summed E-state index contributed by atoms with van der Waals surface area (Å²) in [5.74, 6) is -1.06. The second kappa shape index (κ2) is 10.0. The maximum absolute atomic E-state index is 15.1. The van der Waals surface area contributed by atoms with Gasteiger partial charge in [-0.3, -0.25) is 4.79 Å². The first kappa shape index (κ1) is 24.2. The number of hydrogen-bond acceptors (Lipinski definition) is 3. The molecule has 32 heavy (non-hydrogen) atoms. The Morgan fingerprint density at radius 3 is 2.53 bits per heavy atom. The predicted octanol–water partition coefficient (Wildman–Crippen LogP) is 6.09. The third-order valence-electron chi connectivity index (χ3n) is 5.40. The third-order valence-corrected chi connectivity index (χ3v) is 5.69. The first-order chi connectivity index (χ1) is 15.1. The molecule has 1 aromatic carbocycles. The number of unbranched alkanes of at least 4 members (excludes halogenated alkanes) is 1. The molecule has 10 heteroatoms. The van der Waals surface area contributed by atoms with Crippen LogP contribution < -0.4 is 4.74 Å². The second-order valence-electron chi connectivity index (χ2n) is 7.74.